The highest BCUT2D eigenvalue weighted by Crippen LogP contribution is 2.27. The van der Waals surface area contributed by atoms with Crippen molar-refractivity contribution in [1.82, 2.24) is 10.2 Å². The van der Waals surface area contributed by atoms with Crippen LogP contribution in [0.1, 0.15) is 51.9 Å². The van der Waals surface area contributed by atoms with E-state index in [-0.39, 0.29) is 6.54 Å². The molecule has 120 valence electrons. The zero-order valence-corrected chi connectivity index (χ0v) is 12.8. The summed E-state index contributed by atoms with van der Waals surface area (Å²) in [7, 11) is 1.80. The smallest absolute Gasteiger partial charge is 0.312 e. The van der Waals surface area contributed by atoms with Crippen molar-refractivity contribution >= 4 is 0 Å². The molecular formula is C15H29F3N2. The monoisotopic (exact) mass is 294 g/mol. The molecule has 0 aliphatic heterocycles. The van der Waals surface area contributed by atoms with Gasteiger partial charge in [-0.15, -0.1) is 0 Å². The van der Waals surface area contributed by atoms with Gasteiger partial charge in [0.1, 0.15) is 0 Å². The maximum Gasteiger partial charge on any atom is 0.390 e. The van der Waals surface area contributed by atoms with E-state index in [1.54, 1.807) is 7.05 Å². The zero-order valence-electron chi connectivity index (χ0n) is 12.8. The summed E-state index contributed by atoms with van der Waals surface area (Å²) in [5.74, 6) is 0.628. The van der Waals surface area contributed by atoms with Crippen molar-refractivity contribution in [3.8, 4) is 0 Å². The van der Waals surface area contributed by atoms with E-state index < -0.39 is 12.6 Å². The summed E-state index contributed by atoms with van der Waals surface area (Å²) >= 11 is 0. The van der Waals surface area contributed by atoms with E-state index in [1.807, 2.05) is 4.90 Å². The molecule has 0 amide bonds. The summed E-state index contributed by atoms with van der Waals surface area (Å²) in [4.78, 5) is 1.83. The fraction of sp³-hybridized carbons (Fsp3) is 1.00. The first-order valence-electron chi connectivity index (χ1n) is 7.91. The lowest BCUT2D eigenvalue weighted by Gasteiger charge is -2.34. The van der Waals surface area contributed by atoms with Gasteiger partial charge in [0.15, 0.2) is 0 Å². The van der Waals surface area contributed by atoms with E-state index in [9.17, 15) is 13.2 Å². The third kappa shape index (κ3) is 7.48. The number of alkyl halides is 3. The summed E-state index contributed by atoms with van der Waals surface area (Å²) in [5.41, 5.74) is 0. The number of halogens is 3. The van der Waals surface area contributed by atoms with Gasteiger partial charge in [0.2, 0.25) is 0 Å². The van der Waals surface area contributed by atoms with Crippen LogP contribution >= 0.6 is 0 Å². The lowest BCUT2D eigenvalue weighted by molar-refractivity contribution is -0.137. The number of hydrogen-bond donors (Lipinski definition) is 1. The van der Waals surface area contributed by atoms with Gasteiger partial charge in [-0.2, -0.15) is 13.2 Å². The molecule has 0 heterocycles. The van der Waals surface area contributed by atoms with Crippen molar-refractivity contribution in [2.45, 2.75) is 64.1 Å². The molecule has 20 heavy (non-hydrogen) atoms. The topological polar surface area (TPSA) is 15.3 Å². The second kappa shape index (κ2) is 8.88. The fourth-order valence-electron chi connectivity index (χ4n) is 2.99. The summed E-state index contributed by atoms with van der Waals surface area (Å²) in [6.07, 6.45) is 2.57. The summed E-state index contributed by atoms with van der Waals surface area (Å²) < 4.78 is 36.8. The average molecular weight is 294 g/mol. The molecule has 0 aromatic carbocycles. The molecule has 1 fully saturated rings. The molecular weight excluding hydrogens is 265 g/mol. The van der Waals surface area contributed by atoms with E-state index >= 15 is 0 Å². The van der Waals surface area contributed by atoms with Crippen molar-refractivity contribution in [2.24, 2.45) is 5.92 Å². The van der Waals surface area contributed by atoms with Crippen LogP contribution in [0, 0.1) is 5.92 Å². The zero-order chi connectivity index (χ0) is 15.0. The minimum Gasteiger partial charge on any atom is -0.312 e. The summed E-state index contributed by atoms with van der Waals surface area (Å²) in [6, 6.07) is 0.341. The van der Waals surface area contributed by atoms with Crippen molar-refractivity contribution in [2.75, 3.05) is 26.7 Å². The molecule has 5 heteroatoms. The first kappa shape index (κ1) is 17.8. The molecule has 0 spiro atoms. The van der Waals surface area contributed by atoms with E-state index in [0.717, 1.165) is 19.5 Å². The standard InChI is InChI=1S/C15H29F3N2/c1-3-10-19-14(13-7-5-4-6-8-13)12-20(2)11-9-15(16,17)18/h13-14,19H,3-12H2,1-2H3. The molecule has 1 atom stereocenters. The highest BCUT2D eigenvalue weighted by Gasteiger charge is 2.29. The Hall–Kier alpha value is -0.290. The van der Waals surface area contributed by atoms with Gasteiger partial charge in [-0.1, -0.05) is 26.2 Å². The Kier molecular flexibility index (Phi) is 7.88. The molecule has 2 nitrogen and oxygen atoms in total. The molecule has 1 N–H and O–H groups in total. The minimum atomic E-state index is -4.05. The number of hydrogen-bond acceptors (Lipinski definition) is 2. The SMILES string of the molecule is CCCNC(CN(C)CCC(F)(F)F)C1CCCCC1. The Morgan fingerprint density at radius 2 is 1.85 bits per heavy atom. The van der Waals surface area contributed by atoms with Gasteiger partial charge >= 0.3 is 6.18 Å². The predicted molar refractivity (Wildman–Crippen MR) is 76.8 cm³/mol. The second-order valence-electron chi connectivity index (χ2n) is 6.09. The highest BCUT2D eigenvalue weighted by atomic mass is 19.4. The molecule has 0 saturated heterocycles. The average Bonchev–Trinajstić information content (AvgIpc) is 2.41. The van der Waals surface area contributed by atoms with Gasteiger partial charge in [0.25, 0.3) is 0 Å². The molecule has 1 unspecified atom stereocenters. The number of nitrogens with one attached hydrogen (secondary N) is 1. The van der Waals surface area contributed by atoms with Crippen molar-refractivity contribution < 1.29 is 13.2 Å². The second-order valence-corrected chi connectivity index (χ2v) is 6.09. The molecule has 1 aliphatic carbocycles. The predicted octanol–water partition coefficient (Wildman–Crippen LogP) is 3.82. The van der Waals surface area contributed by atoms with Crippen LogP contribution in [0.15, 0.2) is 0 Å². The van der Waals surface area contributed by atoms with Crippen LogP contribution < -0.4 is 5.32 Å². The van der Waals surface area contributed by atoms with Crippen LogP contribution in [-0.2, 0) is 0 Å². The van der Waals surface area contributed by atoms with Gasteiger partial charge in [-0.05, 0) is 38.8 Å². The third-order valence-electron chi connectivity index (χ3n) is 4.16. The molecule has 1 aliphatic rings. The first-order valence-corrected chi connectivity index (χ1v) is 7.91. The molecule has 1 rings (SSSR count). The van der Waals surface area contributed by atoms with Gasteiger partial charge in [0.05, 0.1) is 6.42 Å². The Balaban J connectivity index is 2.41. The van der Waals surface area contributed by atoms with Crippen LogP contribution in [0.2, 0.25) is 0 Å². The lowest BCUT2D eigenvalue weighted by atomic mass is 9.83. The fourth-order valence-corrected chi connectivity index (χ4v) is 2.99. The van der Waals surface area contributed by atoms with Crippen molar-refractivity contribution in [3.63, 3.8) is 0 Å². The van der Waals surface area contributed by atoms with Gasteiger partial charge in [-0.3, -0.25) is 0 Å². The van der Waals surface area contributed by atoms with E-state index in [2.05, 4.69) is 12.2 Å². The minimum absolute atomic E-state index is 0.0977. The maximum atomic E-state index is 12.3. The Morgan fingerprint density at radius 1 is 1.20 bits per heavy atom. The van der Waals surface area contributed by atoms with Gasteiger partial charge in [-0.25, -0.2) is 0 Å². The van der Waals surface area contributed by atoms with E-state index in [1.165, 1.54) is 32.1 Å². The quantitative estimate of drug-likeness (QED) is 0.732. The third-order valence-corrected chi connectivity index (χ3v) is 4.16. The number of nitrogens with zero attached hydrogens (tertiary/aromatic N) is 1. The van der Waals surface area contributed by atoms with E-state index in [0.29, 0.717) is 12.0 Å². The van der Waals surface area contributed by atoms with Crippen molar-refractivity contribution in [1.29, 1.82) is 0 Å². The normalized spacial score (nSPS) is 19.5. The van der Waals surface area contributed by atoms with Gasteiger partial charge < -0.3 is 10.2 Å². The Labute approximate surface area is 121 Å². The number of rotatable bonds is 8. The van der Waals surface area contributed by atoms with Crippen molar-refractivity contribution in [3.05, 3.63) is 0 Å². The van der Waals surface area contributed by atoms with Crippen LogP contribution in [0.3, 0.4) is 0 Å². The highest BCUT2D eigenvalue weighted by molar-refractivity contribution is 4.81. The Bertz CT molecular complexity index is 250. The van der Waals surface area contributed by atoms with Crippen LogP contribution in [-0.4, -0.2) is 43.8 Å². The molecule has 0 aromatic heterocycles. The summed E-state index contributed by atoms with van der Waals surface area (Å²) in [6.45, 7) is 3.90. The number of likely N-dealkylation sites (N-methyl/N-ethyl adjacent to an activating group) is 1. The molecule has 0 bridgehead atoms. The maximum absolute atomic E-state index is 12.3. The first-order chi connectivity index (χ1) is 9.42. The Morgan fingerprint density at radius 3 is 2.40 bits per heavy atom. The lowest BCUT2D eigenvalue weighted by Crippen LogP contribution is -2.46. The van der Waals surface area contributed by atoms with Crippen LogP contribution in [0.4, 0.5) is 13.2 Å². The largest absolute Gasteiger partial charge is 0.390 e. The summed E-state index contributed by atoms with van der Waals surface area (Å²) in [5, 5.41) is 3.54. The van der Waals surface area contributed by atoms with Crippen LogP contribution in [0.25, 0.3) is 0 Å². The van der Waals surface area contributed by atoms with E-state index in [4.69, 9.17) is 0 Å². The van der Waals surface area contributed by atoms with Crippen LogP contribution in [0.5, 0.6) is 0 Å². The molecule has 0 radical (unpaired) electrons. The molecule has 1 saturated carbocycles. The van der Waals surface area contributed by atoms with Gasteiger partial charge in [0, 0.05) is 19.1 Å². The molecule has 0 aromatic rings.